The Bertz CT molecular complexity index is 457. The van der Waals surface area contributed by atoms with E-state index in [-0.39, 0.29) is 0 Å². The molecule has 3 nitrogen and oxygen atoms in total. The second kappa shape index (κ2) is 6.31. The highest BCUT2D eigenvalue weighted by atomic mass is 35.5. The minimum Gasteiger partial charge on any atom is -0.355 e. The number of hydrogen-bond donors (Lipinski definition) is 0. The predicted molar refractivity (Wildman–Crippen MR) is 84.6 cm³/mol. The lowest BCUT2D eigenvalue weighted by atomic mass is 10.1. The van der Waals surface area contributed by atoms with Crippen LogP contribution in [-0.2, 0) is 5.88 Å². The molecule has 0 bridgehead atoms. The van der Waals surface area contributed by atoms with Crippen LogP contribution in [0.5, 0.6) is 0 Å². The molecule has 0 amide bonds. The molecule has 1 atom stereocenters. The fourth-order valence-electron chi connectivity index (χ4n) is 3.43. The van der Waals surface area contributed by atoms with Crippen molar-refractivity contribution in [1.29, 1.82) is 0 Å². The SMILES string of the molecule is Cc1nc(N2CCC(N3CCCCC3)C2)ccc1CCl. The Labute approximate surface area is 126 Å². The maximum atomic E-state index is 5.91. The van der Waals surface area contributed by atoms with Gasteiger partial charge in [-0.25, -0.2) is 4.98 Å². The smallest absolute Gasteiger partial charge is 0.128 e. The Morgan fingerprint density at radius 1 is 1.20 bits per heavy atom. The summed E-state index contributed by atoms with van der Waals surface area (Å²) >= 11 is 5.91. The first kappa shape index (κ1) is 14.2. The van der Waals surface area contributed by atoms with E-state index in [2.05, 4.69) is 28.9 Å². The Morgan fingerprint density at radius 2 is 2.00 bits per heavy atom. The molecule has 0 radical (unpaired) electrons. The van der Waals surface area contributed by atoms with Gasteiger partial charge in [0.1, 0.15) is 5.82 Å². The number of likely N-dealkylation sites (tertiary alicyclic amines) is 1. The van der Waals surface area contributed by atoms with Crippen LogP contribution in [0.2, 0.25) is 0 Å². The molecule has 2 aliphatic heterocycles. The maximum absolute atomic E-state index is 5.91. The average Bonchev–Trinajstić information content (AvgIpc) is 2.98. The molecular formula is C16H24ClN3. The van der Waals surface area contributed by atoms with E-state index in [9.17, 15) is 0 Å². The number of anilines is 1. The van der Waals surface area contributed by atoms with Crippen LogP contribution in [0.15, 0.2) is 12.1 Å². The molecule has 1 unspecified atom stereocenters. The van der Waals surface area contributed by atoms with Crippen molar-refractivity contribution in [1.82, 2.24) is 9.88 Å². The number of alkyl halides is 1. The van der Waals surface area contributed by atoms with Gasteiger partial charge in [-0.3, -0.25) is 4.90 Å². The summed E-state index contributed by atoms with van der Waals surface area (Å²) in [5, 5.41) is 0. The van der Waals surface area contributed by atoms with Crippen LogP contribution in [0, 0.1) is 6.92 Å². The van der Waals surface area contributed by atoms with Gasteiger partial charge in [0.05, 0.1) is 0 Å². The largest absolute Gasteiger partial charge is 0.355 e. The predicted octanol–water partition coefficient (Wildman–Crippen LogP) is 3.19. The minimum absolute atomic E-state index is 0.551. The number of aryl methyl sites for hydroxylation is 1. The Hall–Kier alpha value is -0.800. The molecule has 0 saturated carbocycles. The van der Waals surface area contributed by atoms with Crippen LogP contribution in [-0.4, -0.2) is 42.1 Å². The van der Waals surface area contributed by atoms with Crippen molar-refractivity contribution >= 4 is 17.4 Å². The number of pyridine rings is 1. The van der Waals surface area contributed by atoms with Gasteiger partial charge in [-0.05, 0) is 50.9 Å². The highest BCUT2D eigenvalue weighted by Crippen LogP contribution is 2.25. The lowest BCUT2D eigenvalue weighted by Gasteiger charge is -2.32. The van der Waals surface area contributed by atoms with E-state index in [0.717, 1.165) is 36.2 Å². The molecule has 0 aromatic carbocycles. The standard InChI is InChI=1S/C16H24ClN3/c1-13-14(11-17)5-6-16(18-13)20-10-7-15(12-20)19-8-3-2-4-9-19/h5-6,15H,2-4,7-12H2,1H3. The molecule has 110 valence electrons. The lowest BCUT2D eigenvalue weighted by Crippen LogP contribution is -2.41. The van der Waals surface area contributed by atoms with E-state index >= 15 is 0 Å². The van der Waals surface area contributed by atoms with Crippen LogP contribution >= 0.6 is 11.6 Å². The Morgan fingerprint density at radius 3 is 2.70 bits per heavy atom. The highest BCUT2D eigenvalue weighted by Gasteiger charge is 2.29. The zero-order chi connectivity index (χ0) is 13.9. The molecule has 3 heterocycles. The van der Waals surface area contributed by atoms with E-state index in [4.69, 9.17) is 16.6 Å². The average molecular weight is 294 g/mol. The quantitative estimate of drug-likeness (QED) is 0.798. The molecule has 4 heteroatoms. The summed E-state index contributed by atoms with van der Waals surface area (Å²) in [4.78, 5) is 9.85. The highest BCUT2D eigenvalue weighted by molar-refractivity contribution is 6.17. The van der Waals surface area contributed by atoms with Gasteiger partial charge >= 0.3 is 0 Å². The Balaban J connectivity index is 1.65. The van der Waals surface area contributed by atoms with E-state index in [1.807, 2.05) is 0 Å². The number of aromatic nitrogens is 1. The summed E-state index contributed by atoms with van der Waals surface area (Å²) in [6, 6.07) is 4.98. The van der Waals surface area contributed by atoms with Gasteiger partial charge in [-0.15, -0.1) is 11.6 Å². The van der Waals surface area contributed by atoms with Crippen molar-refractivity contribution < 1.29 is 0 Å². The molecule has 2 fully saturated rings. The van der Waals surface area contributed by atoms with Crippen LogP contribution in [0.25, 0.3) is 0 Å². The molecule has 0 aliphatic carbocycles. The van der Waals surface area contributed by atoms with Gasteiger partial charge in [0, 0.05) is 30.7 Å². The van der Waals surface area contributed by atoms with Gasteiger partial charge in [0.15, 0.2) is 0 Å². The molecule has 3 rings (SSSR count). The third-order valence-corrected chi connectivity index (χ3v) is 5.01. The zero-order valence-electron chi connectivity index (χ0n) is 12.3. The maximum Gasteiger partial charge on any atom is 0.128 e. The van der Waals surface area contributed by atoms with Crippen LogP contribution < -0.4 is 4.90 Å². The van der Waals surface area contributed by atoms with E-state index in [1.54, 1.807) is 0 Å². The number of nitrogens with zero attached hydrogens (tertiary/aromatic N) is 3. The van der Waals surface area contributed by atoms with Crippen molar-refractivity contribution in [2.75, 3.05) is 31.1 Å². The zero-order valence-corrected chi connectivity index (χ0v) is 13.1. The van der Waals surface area contributed by atoms with E-state index < -0.39 is 0 Å². The van der Waals surface area contributed by atoms with E-state index in [1.165, 1.54) is 38.8 Å². The van der Waals surface area contributed by atoms with Gasteiger partial charge < -0.3 is 4.90 Å². The summed E-state index contributed by atoms with van der Waals surface area (Å²) in [5.41, 5.74) is 2.21. The van der Waals surface area contributed by atoms with Crippen molar-refractivity contribution in [2.24, 2.45) is 0 Å². The number of piperidine rings is 1. The summed E-state index contributed by atoms with van der Waals surface area (Å²) in [7, 11) is 0. The fraction of sp³-hybridized carbons (Fsp3) is 0.688. The van der Waals surface area contributed by atoms with Crippen LogP contribution in [0.4, 0.5) is 5.82 Å². The lowest BCUT2D eigenvalue weighted by molar-refractivity contribution is 0.175. The van der Waals surface area contributed by atoms with Crippen molar-refractivity contribution in [3.05, 3.63) is 23.4 Å². The first-order chi connectivity index (χ1) is 9.78. The molecular weight excluding hydrogens is 270 g/mol. The van der Waals surface area contributed by atoms with Crippen molar-refractivity contribution in [3.63, 3.8) is 0 Å². The summed E-state index contributed by atoms with van der Waals surface area (Å²) in [6.07, 6.45) is 5.43. The molecule has 20 heavy (non-hydrogen) atoms. The molecule has 1 aromatic heterocycles. The third kappa shape index (κ3) is 2.94. The molecule has 2 saturated heterocycles. The van der Waals surface area contributed by atoms with Crippen molar-refractivity contribution in [2.45, 2.75) is 44.5 Å². The fourth-order valence-corrected chi connectivity index (χ4v) is 3.71. The number of halogens is 1. The number of hydrogen-bond acceptors (Lipinski definition) is 3. The van der Waals surface area contributed by atoms with Crippen LogP contribution in [0.3, 0.4) is 0 Å². The first-order valence-electron chi connectivity index (χ1n) is 7.79. The van der Waals surface area contributed by atoms with Gasteiger partial charge in [-0.2, -0.15) is 0 Å². The second-order valence-electron chi connectivity index (χ2n) is 6.03. The normalized spacial score (nSPS) is 24.3. The third-order valence-electron chi connectivity index (χ3n) is 4.72. The molecule has 0 N–H and O–H groups in total. The van der Waals surface area contributed by atoms with Crippen LogP contribution in [0.1, 0.15) is 36.9 Å². The van der Waals surface area contributed by atoms with Gasteiger partial charge in [-0.1, -0.05) is 12.5 Å². The van der Waals surface area contributed by atoms with Gasteiger partial charge in [0.2, 0.25) is 0 Å². The number of rotatable bonds is 3. The summed E-state index contributed by atoms with van der Waals surface area (Å²) in [5.74, 6) is 1.67. The van der Waals surface area contributed by atoms with Gasteiger partial charge in [0.25, 0.3) is 0 Å². The molecule has 2 aliphatic rings. The summed E-state index contributed by atoms with van der Waals surface area (Å²) in [6.45, 7) is 6.90. The summed E-state index contributed by atoms with van der Waals surface area (Å²) < 4.78 is 0. The molecule has 1 aromatic rings. The first-order valence-corrected chi connectivity index (χ1v) is 8.33. The Kier molecular flexibility index (Phi) is 4.47. The van der Waals surface area contributed by atoms with E-state index in [0.29, 0.717) is 5.88 Å². The second-order valence-corrected chi connectivity index (χ2v) is 6.30. The minimum atomic E-state index is 0.551. The van der Waals surface area contributed by atoms with Crippen molar-refractivity contribution in [3.8, 4) is 0 Å². The molecule has 0 spiro atoms. The topological polar surface area (TPSA) is 19.4 Å². The monoisotopic (exact) mass is 293 g/mol.